The number of rotatable bonds is 6. The van der Waals surface area contributed by atoms with Crippen molar-refractivity contribution < 1.29 is 19.8 Å². The first-order chi connectivity index (χ1) is 6.79. The molecule has 0 aliphatic carbocycles. The molecule has 0 aliphatic rings. The Labute approximate surface area is 89.5 Å². The van der Waals surface area contributed by atoms with Gasteiger partial charge in [-0.2, -0.15) is 0 Å². The lowest BCUT2D eigenvalue weighted by Crippen LogP contribution is -2.49. The molecule has 0 rings (SSSR count). The van der Waals surface area contributed by atoms with E-state index in [-0.39, 0.29) is 31.3 Å². The van der Waals surface area contributed by atoms with E-state index in [2.05, 4.69) is 5.32 Å². The second-order valence-corrected chi connectivity index (χ2v) is 4.25. The van der Waals surface area contributed by atoms with Crippen molar-refractivity contribution in [3.05, 3.63) is 0 Å². The van der Waals surface area contributed by atoms with Crippen molar-refractivity contribution >= 4 is 11.9 Å². The molecule has 15 heavy (non-hydrogen) atoms. The summed E-state index contributed by atoms with van der Waals surface area (Å²) in [5.74, 6) is -1.37. The van der Waals surface area contributed by atoms with E-state index in [1.54, 1.807) is 13.8 Å². The van der Waals surface area contributed by atoms with Crippen molar-refractivity contribution in [3.8, 4) is 0 Å². The summed E-state index contributed by atoms with van der Waals surface area (Å²) in [7, 11) is 0. The summed E-state index contributed by atoms with van der Waals surface area (Å²) in [5, 5.41) is 20.1. The SMILES string of the molecule is CC(CO)C(C)(C)NC(=O)CCC(=O)O. The van der Waals surface area contributed by atoms with Crippen molar-refractivity contribution in [2.75, 3.05) is 6.61 Å². The zero-order valence-corrected chi connectivity index (χ0v) is 9.41. The topological polar surface area (TPSA) is 86.6 Å². The molecule has 0 heterocycles. The molecule has 0 saturated carbocycles. The van der Waals surface area contributed by atoms with Crippen molar-refractivity contribution in [2.24, 2.45) is 5.92 Å². The predicted octanol–water partition coefficient (Wildman–Crippen LogP) is 0.374. The minimum Gasteiger partial charge on any atom is -0.481 e. The molecule has 5 heteroatoms. The molecule has 0 aromatic carbocycles. The van der Waals surface area contributed by atoms with Crippen LogP contribution in [-0.4, -0.2) is 34.2 Å². The van der Waals surface area contributed by atoms with Crippen LogP contribution in [0.3, 0.4) is 0 Å². The molecule has 0 aromatic heterocycles. The van der Waals surface area contributed by atoms with Crippen molar-refractivity contribution in [1.29, 1.82) is 0 Å². The number of hydrogen-bond acceptors (Lipinski definition) is 3. The van der Waals surface area contributed by atoms with E-state index in [1.165, 1.54) is 0 Å². The van der Waals surface area contributed by atoms with E-state index in [4.69, 9.17) is 10.2 Å². The Balaban J connectivity index is 4.10. The highest BCUT2D eigenvalue weighted by atomic mass is 16.4. The molecular weight excluding hydrogens is 198 g/mol. The second-order valence-electron chi connectivity index (χ2n) is 4.25. The van der Waals surface area contributed by atoms with Crippen LogP contribution >= 0.6 is 0 Å². The number of amides is 1. The van der Waals surface area contributed by atoms with Gasteiger partial charge in [-0.25, -0.2) is 0 Å². The fourth-order valence-electron chi connectivity index (χ4n) is 0.994. The van der Waals surface area contributed by atoms with Gasteiger partial charge in [0.1, 0.15) is 0 Å². The van der Waals surface area contributed by atoms with Crippen molar-refractivity contribution in [1.82, 2.24) is 5.32 Å². The van der Waals surface area contributed by atoms with Crippen LogP contribution < -0.4 is 5.32 Å². The highest BCUT2D eigenvalue weighted by Gasteiger charge is 2.26. The molecule has 0 aromatic rings. The Bertz CT molecular complexity index is 238. The van der Waals surface area contributed by atoms with Gasteiger partial charge in [0.25, 0.3) is 0 Å². The number of carbonyl (C=O) groups is 2. The van der Waals surface area contributed by atoms with Gasteiger partial charge in [-0.1, -0.05) is 6.92 Å². The fraction of sp³-hybridized carbons (Fsp3) is 0.800. The summed E-state index contributed by atoms with van der Waals surface area (Å²) < 4.78 is 0. The number of carbonyl (C=O) groups excluding carboxylic acids is 1. The van der Waals surface area contributed by atoms with Gasteiger partial charge in [0.2, 0.25) is 5.91 Å². The Kier molecular flexibility index (Phi) is 5.28. The van der Waals surface area contributed by atoms with Gasteiger partial charge in [0.05, 0.1) is 6.42 Å². The third-order valence-electron chi connectivity index (χ3n) is 2.53. The zero-order valence-electron chi connectivity index (χ0n) is 9.41. The van der Waals surface area contributed by atoms with Crippen molar-refractivity contribution in [3.63, 3.8) is 0 Å². The summed E-state index contributed by atoms with van der Waals surface area (Å²) in [6.45, 7) is 5.39. The normalized spacial score (nSPS) is 13.3. The molecule has 0 spiro atoms. The smallest absolute Gasteiger partial charge is 0.303 e. The van der Waals surface area contributed by atoms with E-state index < -0.39 is 11.5 Å². The van der Waals surface area contributed by atoms with Crippen LogP contribution in [-0.2, 0) is 9.59 Å². The molecule has 1 amide bonds. The molecule has 5 nitrogen and oxygen atoms in total. The molecule has 0 radical (unpaired) electrons. The van der Waals surface area contributed by atoms with E-state index in [9.17, 15) is 9.59 Å². The minimum absolute atomic E-state index is 0.0216. The highest BCUT2D eigenvalue weighted by molar-refractivity contribution is 5.81. The standard InChI is InChI=1S/C10H19NO4/c1-7(6-12)10(2,3)11-8(13)4-5-9(14)15/h7,12H,4-6H2,1-3H3,(H,11,13)(H,14,15). The summed E-state index contributed by atoms with van der Waals surface area (Å²) in [6.07, 6.45) is -0.202. The average Bonchev–Trinajstić information content (AvgIpc) is 2.12. The summed E-state index contributed by atoms with van der Waals surface area (Å²) in [6, 6.07) is 0. The maximum Gasteiger partial charge on any atom is 0.303 e. The minimum atomic E-state index is -0.988. The highest BCUT2D eigenvalue weighted by Crippen LogP contribution is 2.15. The lowest BCUT2D eigenvalue weighted by molar-refractivity contribution is -0.139. The van der Waals surface area contributed by atoms with Gasteiger partial charge in [0, 0.05) is 24.5 Å². The largest absolute Gasteiger partial charge is 0.481 e. The maximum atomic E-state index is 11.3. The van der Waals surface area contributed by atoms with E-state index in [0.717, 1.165) is 0 Å². The number of aliphatic hydroxyl groups excluding tert-OH is 1. The van der Waals surface area contributed by atoms with Crippen LogP contribution in [0.25, 0.3) is 0 Å². The molecule has 88 valence electrons. The average molecular weight is 217 g/mol. The lowest BCUT2D eigenvalue weighted by Gasteiger charge is -2.31. The second kappa shape index (κ2) is 5.70. The number of aliphatic hydroxyl groups is 1. The Morgan fingerprint density at radius 3 is 2.27 bits per heavy atom. The molecule has 0 bridgehead atoms. The van der Waals surface area contributed by atoms with Gasteiger partial charge in [0.15, 0.2) is 0 Å². The molecular formula is C10H19NO4. The van der Waals surface area contributed by atoms with Crippen LogP contribution in [0.4, 0.5) is 0 Å². The quantitative estimate of drug-likeness (QED) is 0.600. The fourth-order valence-corrected chi connectivity index (χ4v) is 0.994. The Morgan fingerprint density at radius 2 is 1.87 bits per heavy atom. The maximum absolute atomic E-state index is 11.3. The molecule has 0 fully saturated rings. The van der Waals surface area contributed by atoms with Crippen LogP contribution in [0.1, 0.15) is 33.6 Å². The Morgan fingerprint density at radius 1 is 1.33 bits per heavy atom. The summed E-state index contributed by atoms with van der Waals surface area (Å²) >= 11 is 0. The number of nitrogens with one attached hydrogen (secondary N) is 1. The molecule has 0 aliphatic heterocycles. The molecule has 3 N–H and O–H groups in total. The zero-order chi connectivity index (χ0) is 12.1. The van der Waals surface area contributed by atoms with Crippen molar-refractivity contribution in [2.45, 2.75) is 39.2 Å². The number of carboxylic acid groups (broad SMARTS) is 1. The molecule has 0 saturated heterocycles. The third-order valence-corrected chi connectivity index (χ3v) is 2.53. The first-order valence-electron chi connectivity index (χ1n) is 4.93. The van der Waals surface area contributed by atoms with Gasteiger partial charge in [-0.15, -0.1) is 0 Å². The first kappa shape index (κ1) is 13.9. The van der Waals surface area contributed by atoms with Gasteiger partial charge >= 0.3 is 5.97 Å². The van der Waals surface area contributed by atoms with Crippen LogP contribution in [0.2, 0.25) is 0 Å². The van der Waals surface area contributed by atoms with Gasteiger partial charge < -0.3 is 15.5 Å². The van der Waals surface area contributed by atoms with Gasteiger partial charge in [-0.3, -0.25) is 9.59 Å². The summed E-state index contributed by atoms with van der Waals surface area (Å²) in [5.41, 5.74) is -0.523. The van der Waals surface area contributed by atoms with Gasteiger partial charge in [-0.05, 0) is 13.8 Å². The number of carboxylic acids is 1. The van der Waals surface area contributed by atoms with Crippen LogP contribution in [0.5, 0.6) is 0 Å². The molecule has 1 atom stereocenters. The van der Waals surface area contributed by atoms with E-state index >= 15 is 0 Å². The lowest BCUT2D eigenvalue weighted by atomic mass is 9.89. The Hall–Kier alpha value is -1.10. The summed E-state index contributed by atoms with van der Waals surface area (Å²) in [4.78, 5) is 21.6. The third kappa shape index (κ3) is 5.37. The van der Waals surface area contributed by atoms with Crippen LogP contribution in [0.15, 0.2) is 0 Å². The molecule has 1 unspecified atom stereocenters. The first-order valence-corrected chi connectivity index (χ1v) is 4.93. The van der Waals surface area contributed by atoms with Crippen LogP contribution in [0, 0.1) is 5.92 Å². The monoisotopic (exact) mass is 217 g/mol. The predicted molar refractivity (Wildman–Crippen MR) is 55.3 cm³/mol. The number of hydrogen-bond donors (Lipinski definition) is 3. The van der Waals surface area contributed by atoms with E-state index in [0.29, 0.717) is 0 Å². The van der Waals surface area contributed by atoms with E-state index in [1.807, 2.05) is 6.92 Å². The number of aliphatic carboxylic acids is 1.